The van der Waals surface area contributed by atoms with E-state index in [0.29, 0.717) is 5.65 Å². The number of fused-ring (bicyclic) bond motifs is 1. The Morgan fingerprint density at radius 2 is 1.53 bits per heavy atom. The molecule has 2 aromatic rings. The lowest BCUT2D eigenvalue weighted by atomic mass is 10.7. The van der Waals surface area contributed by atoms with Crippen LogP contribution in [0.4, 0.5) is 0 Å². The van der Waals surface area contributed by atoms with E-state index in [1.54, 1.807) is 0 Å². The molecule has 0 spiro atoms. The molecule has 0 saturated heterocycles. The summed E-state index contributed by atoms with van der Waals surface area (Å²) >= 11 is 28.2. The standard InChI is InChI=1S/C6HCl5N4/c7-1-2(8)13-4-3(12-1)14-5(15-4)6(9,10)11/h(H,12,13,14,15). The summed E-state index contributed by atoms with van der Waals surface area (Å²) in [5.41, 5.74) is 0.552. The summed E-state index contributed by atoms with van der Waals surface area (Å²) in [7, 11) is 0. The van der Waals surface area contributed by atoms with Gasteiger partial charge in [0.05, 0.1) is 0 Å². The fourth-order valence-corrected chi connectivity index (χ4v) is 1.45. The molecule has 2 rings (SSSR count). The van der Waals surface area contributed by atoms with Crippen LogP contribution < -0.4 is 0 Å². The van der Waals surface area contributed by atoms with Gasteiger partial charge in [0, 0.05) is 0 Å². The lowest BCUT2D eigenvalue weighted by Gasteiger charge is -2.04. The summed E-state index contributed by atoms with van der Waals surface area (Å²) in [6, 6.07) is 0. The summed E-state index contributed by atoms with van der Waals surface area (Å²) in [5, 5.41) is 0.107. The van der Waals surface area contributed by atoms with E-state index in [2.05, 4.69) is 19.9 Å². The Kier molecular flexibility index (Phi) is 2.90. The van der Waals surface area contributed by atoms with Crippen molar-refractivity contribution < 1.29 is 0 Å². The molecular weight excluding hydrogens is 305 g/mol. The third-order valence-corrected chi connectivity index (χ3v) is 2.68. The molecule has 0 aromatic carbocycles. The summed E-state index contributed by atoms with van der Waals surface area (Å²) in [4.78, 5) is 14.3. The van der Waals surface area contributed by atoms with E-state index in [-0.39, 0.29) is 21.8 Å². The van der Waals surface area contributed by atoms with Gasteiger partial charge in [-0.2, -0.15) is 0 Å². The Balaban J connectivity index is 2.66. The molecule has 0 saturated carbocycles. The molecule has 2 heterocycles. The van der Waals surface area contributed by atoms with Crippen molar-refractivity contribution >= 4 is 69.3 Å². The third-order valence-electron chi connectivity index (χ3n) is 1.52. The second-order valence-electron chi connectivity index (χ2n) is 2.56. The highest BCUT2D eigenvalue weighted by Gasteiger charge is 2.27. The minimum Gasteiger partial charge on any atom is -0.322 e. The minimum absolute atomic E-state index is 0.0477. The molecular formula is C6HCl5N4. The first-order chi connectivity index (χ1) is 6.88. The van der Waals surface area contributed by atoms with E-state index in [4.69, 9.17) is 58.0 Å². The number of nitrogens with zero attached hydrogens (tertiary/aromatic N) is 3. The molecule has 15 heavy (non-hydrogen) atoms. The van der Waals surface area contributed by atoms with E-state index >= 15 is 0 Å². The van der Waals surface area contributed by atoms with Crippen LogP contribution in [0.5, 0.6) is 0 Å². The van der Waals surface area contributed by atoms with Crippen LogP contribution in [-0.2, 0) is 3.79 Å². The lowest BCUT2D eigenvalue weighted by molar-refractivity contribution is 1.04. The van der Waals surface area contributed by atoms with Gasteiger partial charge < -0.3 is 4.98 Å². The zero-order valence-electron chi connectivity index (χ0n) is 6.73. The van der Waals surface area contributed by atoms with Gasteiger partial charge in [-0.1, -0.05) is 58.0 Å². The van der Waals surface area contributed by atoms with Crippen LogP contribution in [0.1, 0.15) is 5.82 Å². The number of aromatic nitrogens is 4. The predicted octanol–water partition coefficient (Wildman–Crippen LogP) is 3.49. The first-order valence-corrected chi connectivity index (χ1v) is 5.43. The quantitative estimate of drug-likeness (QED) is 0.758. The van der Waals surface area contributed by atoms with Crippen molar-refractivity contribution in [2.24, 2.45) is 0 Å². The number of halogens is 5. The Hall–Kier alpha value is -0.000000000000000111. The molecule has 80 valence electrons. The normalized spacial score (nSPS) is 12.3. The van der Waals surface area contributed by atoms with Gasteiger partial charge in [-0.3, -0.25) is 0 Å². The van der Waals surface area contributed by atoms with Crippen LogP contribution in [0.15, 0.2) is 0 Å². The van der Waals surface area contributed by atoms with Gasteiger partial charge in [0.1, 0.15) is 0 Å². The maximum absolute atomic E-state index is 5.66. The first kappa shape index (κ1) is 11.5. The van der Waals surface area contributed by atoms with E-state index in [1.165, 1.54) is 0 Å². The van der Waals surface area contributed by atoms with Crippen molar-refractivity contribution in [3.8, 4) is 0 Å². The van der Waals surface area contributed by atoms with E-state index in [9.17, 15) is 0 Å². The van der Waals surface area contributed by atoms with E-state index in [1.807, 2.05) is 0 Å². The zero-order valence-corrected chi connectivity index (χ0v) is 10.5. The number of hydrogen-bond acceptors (Lipinski definition) is 3. The highest BCUT2D eigenvalue weighted by atomic mass is 35.6. The number of hydrogen-bond donors (Lipinski definition) is 1. The molecule has 2 aromatic heterocycles. The monoisotopic (exact) mass is 304 g/mol. The maximum Gasteiger partial charge on any atom is 0.248 e. The average molecular weight is 306 g/mol. The van der Waals surface area contributed by atoms with Gasteiger partial charge >= 0.3 is 0 Å². The highest BCUT2D eigenvalue weighted by Crippen LogP contribution is 2.36. The van der Waals surface area contributed by atoms with Crippen LogP contribution in [-0.4, -0.2) is 19.9 Å². The van der Waals surface area contributed by atoms with Crippen molar-refractivity contribution in [2.45, 2.75) is 3.79 Å². The predicted molar refractivity (Wildman–Crippen MR) is 60.9 cm³/mol. The Morgan fingerprint density at radius 3 is 2.13 bits per heavy atom. The molecule has 4 nitrogen and oxygen atoms in total. The van der Waals surface area contributed by atoms with Crippen LogP contribution in [0.3, 0.4) is 0 Å². The number of H-pyrrole nitrogens is 1. The molecule has 0 amide bonds. The van der Waals surface area contributed by atoms with Gasteiger partial charge in [-0.25, -0.2) is 15.0 Å². The number of nitrogens with one attached hydrogen (secondary N) is 1. The lowest BCUT2D eigenvalue weighted by Crippen LogP contribution is -2.02. The van der Waals surface area contributed by atoms with Gasteiger partial charge in [0.25, 0.3) is 0 Å². The van der Waals surface area contributed by atoms with E-state index < -0.39 is 3.79 Å². The maximum atomic E-state index is 5.66. The van der Waals surface area contributed by atoms with Crippen molar-refractivity contribution in [1.82, 2.24) is 19.9 Å². The Labute approximate surface area is 109 Å². The van der Waals surface area contributed by atoms with E-state index in [0.717, 1.165) is 0 Å². The second-order valence-corrected chi connectivity index (χ2v) is 5.56. The molecule has 9 heteroatoms. The van der Waals surface area contributed by atoms with Crippen LogP contribution in [0.2, 0.25) is 10.3 Å². The van der Waals surface area contributed by atoms with Gasteiger partial charge in [-0.15, -0.1) is 0 Å². The van der Waals surface area contributed by atoms with Crippen molar-refractivity contribution in [3.05, 3.63) is 16.1 Å². The number of imidazole rings is 1. The Morgan fingerprint density at radius 1 is 0.933 bits per heavy atom. The largest absolute Gasteiger partial charge is 0.322 e. The second kappa shape index (κ2) is 3.79. The minimum atomic E-state index is -1.67. The summed E-state index contributed by atoms with van der Waals surface area (Å²) in [5.74, 6) is 0.112. The molecule has 0 aliphatic rings. The molecule has 0 unspecified atom stereocenters. The summed E-state index contributed by atoms with van der Waals surface area (Å²) in [6.45, 7) is 0. The SMILES string of the molecule is Clc1nc2nc(C(Cl)(Cl)Cl)[nH]c2nc1Cl. The van der Waals surface area contributed by atoms with Crippen molar-refractivity contribution in [3.63, 3.8) is 0 Å². The molecule has 0 fully saturated rings. The van der Waals surface area contributed by atoms with Crippen LogP contribution >= 0.6 is 58.0 Å². The fourth-order valence-electron chi connectivity index (χ4n) is 0.928. The average Bonchev–Trinajstić information content (AvgIpc) is 2.47. The first-order valence-electron chi connectivity index (χ1n) is 3.54. The number of alkyl halides is 3. The molecule has 1 N–H and O–H groups in total. The number of aromatic amines is 1. The summed E-state index contributed by atoms with van der Waals surface area (Å²) in [6.07, 6.45) is 0. The summed E-state index contributed by atoms with van der Waals surface area (Å²) < 4.78 is -1.67. The Bertz CT molecular complexity index is 477. The van der Waals surface area contributed by atoms with Gasteiger partial charge in [0.2, 0.25) is 3.79 Å². The molecule has 0 aliphatic carbocycles. The molecule has 0 aliphatic heterocycles. The smallest absolute Gasteiger partial charge is 0.248 e. The van der Waals surface area contributed by atoms with Crippen molar-refractivity contribution in [1.29, 1.82) is 0 Å². The fraction of sp³-hybridized carbons (Fsp3) is 0.167. The number of rotatable bonds is 0. The van der Waals surface area contributed by atoms with Gasteiger partial charge in [0.15, 0.2) is 27.4 Å². The molecule has 0 radical (unpaired) electrons. The zero-order chi connectivity index (χ0) is 11.2. The molecule has 0 bridgehead atoms. The van der Waals surface area contributed by atoms with Gasteiger partial charge in [-0.05, 0) is 0 Å². The van der Waals surface area contributed by atoms with Crippen molar-refractivity contribution in [2.75, 3.05) is 0 Å². The third kappa shape index (κ3) is 2.24. The molecule has 0 atom stereocenters. The highest BCUT2D eigenvalue weighted by molar-refractivity contribution is 6.66. The van der Waals surface area contributed by atoms with Crippen LogP contribution in [0.25, 0.3) is 11.3 Å². The topological polar surface area (TPSA) is 54.5 Å². The van der Waals surface area contributed by atoms with Crippen LogP contribution in [0, 0.1) is 0 Å².